The molecule has 0 spiro atoms. The Hall–Kier alpha value is -0.360. The molecule has 0 fully saturated rings. The summed E-state index contributed by atoms with van der Waals surface area (Å²) in [6.07, 6.45) is 8.52. The van der Waals surface area contributed by atoms with E-state index in [2.05, 4.69) is 24.5 Å². The predicted molar refractivity (Wildman–Crippen MR) is 104 cm³/mol. The van der Waals surface area contributed by atoms with Crippen molar-refractivity contribution in [1.29, 1.82) is 0 Å². The van der Waals surface area contributed by atoms with E-state index in [1.165, 1.54) is 38.5 Å². The average Bonchev–Trinajstić information content (AvgIpc) is 2.54. The van der Waals surface area contributed by atoms with Crippen LogP contribution in [0.3, 0.4) is 0 Å². The van der Waals surface area contributed by atoms with E-state index in [4.69, 9.17) is 0 Å². The minimum absolute atomic E-state index is 0.0160. The Balaban J connectivity index is 3.33. The number of hydrogen-bond donors (Lipinski definition) is 2. The zero-order valence-corrected chi connectivity index (χ0v) is 16.5. The number of unbranched alkanes of at least 4 members (excludes halogenated alkanes) is 4. The smallest absolute Gasteiger partial charge is 0.222 e. The van der Waals surface area contributed by atoms with Crippen LogP contribution in [0.5, 0.6) is 0 Å². The monoisotopic (exact) mass is 362 g/mol. The Morgan fingerprint density at radius 2 is 1.13 bits per heavy atom. The van der Waals surface area contributed by atoms with Gasteiger partial charge >= 0.3 is 0 Å². The van der Waals surface area contributed by atoms with Gasteiger partial charge in [-0.3, -0.25) is 9.59 Å². The Bertz CT molecular complexity index is 274. The molecule has 0 heterocycles. The van der Waals surface area contributed by atoms with Crippen LogP contribution in [0.25, 0.3) is 0 Å². The van der Waals surface area contributed by atoms with Crippen LogP contribution in [-0.2, 0) is 9.59 Å². The third kappa shape index (κ3) is 17.8. The lowest BCUT2D eigenvalue weighted by atomic mass is 10.3. The molecule has 0 radical (unpaired) electrons. The van der Waals surface area contributed by atoms with Gasteiger partial charge in [-0.1, -0.05) is 39.5 Å². The maximum atomic E-state index is 11.6. The standard InChI is InChI=1S/C17H34N2O2S2/c1-3-5-7-11-22-13-9-16(20)18-15-19-17(21)10-14-23-12-8-6-4-2/h3-15H2,1-2H3,(H,18,20)(H,19,21). The van der Waals surface area contributed by atoms with E-state index < -0.39 is 0 Å². The highest BCUT2D eigenvalue weighted by molar-refractivity contribution is 7.99. The van der Waals surface area contributed by atoms with Crippen molar-refractivity contribution in [2.75, 3.05) is 29.7 Å². The molecule has 0 aromatic heterocycles. The molecule has 0 atom stereocenters. The van der Waals surface area contributed by atoms with Crippen LogP contribution in [0.1, 0.15) is 65.2 Å². The van der Waals surface area contributed by atoms with Crippen molar-refractivity contribution in [3.05, 3.63) is 0 Å². The summed E-state index contributed by atoms with van der Waals surface area (Å²) in [7, 11) is 0. The van der Waals surface area contributed by atoms with Gasteiger partial charge in [0.05, 0.1) is 6.67 Å². The van der Waals surface area contributed by atoms with Crippen LogP contribution in [0.4, 0.5) is 0 Å². The van der Waals surface area contributed by atoms with Gasteiger partial charge in [-0.2, -0.15) is 23.5 Å². The Morgan fingerprint density at radius 1 is 0.696 bits per heavy atom. The topological polar surface area (TPSA) is 58.2 Å². The van der Waals surface area contributed by atoms with Gasteiger partial charge in [-0.05, 0) is 24.3 Å². The van der Waals surface area contributed by atoms with Gasteiger partial charge < -0.3 is 10.6 Å². The van der Waals surface area contributed by atoms with E-state index in [1.807, 2.05) is 23.5 Å². The van der Waals surface area contributed by atoms with Crippen LogP contribution >= 0.6 is 23.5 Å². The Labute approximate surface area is 150 Å². The maximum absolute atomic E-state index is 11.6. The van der Waals surface area contributed by atoms with Gasteiger partial charge in [0.15, 0.2) is 0 Å². The molecule has 0 bridgehead atoms. The van der Waals surface area contributed by atoms with Crippen molar-refractivity contribution in [3.8, 4) is 0 Å². The lowest BCUT2D eigenvalue weighted by Crippen LogP contribution is -2.37. The fraction of sp³-hybridized carbons (Fsp3) is 0.882. The summed E-state index contributed by atoms with van der Waals surface area (Å²) in [4.78, 5) is 23.2. The van der Waals surface area contributed by atoms with Crippen molar-refractivity contribution in [1.82, 2.24) is 10.6 Å². The molecule has 0 rings (SSSR count). The second-order valence-electron chi connectivity index (χ2n) is 5.52. The predicted octanol–water partition coefficient (Wildman–Crippen LogP) is 3.80. The molecule has 0 saturated heterocycles. The zero-order chi connectivity index (χ0) is 17.2. The first-order valence-corrected chi connectivity index (χ1v) is 11.2. The lowest BCUT2D eigenvalue weighted by molar-refractivity contribution is -0.122. The molecular formula is C17H34N2O2S2. The second-order valence-corrected chi connectivity index (χ2v) is 7.97. The molecule has 0 aliphatic rings. The fourth-order valence-corrected chi connectivity index (χ4v) is 3.74. The first kappa shape index (κ1) is 22.6. The quantitative estimate of drug-likeness (QED) is 0.324. The van der Waals surface area contributed by atoms with Gasteiger partial charge in [0.2, 0.25) is 11.8 Å². The van der Waals surface area contributed by atoms with Crippen molar-refractivity contribution in [3.63, 3.8) is 0 Å². The maximum Gasteiger partial charge on any atom is 0.222 e. The lowest BCUT2D eigenvalue weighted by Gasteiger charge is -2.07. The summed E-state index contributed by atoms with van der Waals surface area (Å²) in [5, 5.41) is 5.49. The number of nitrogens with one attached hydrogen (secondary N) is 2. The first-order chi connectivity index (χ1) is 11.2. The van der Waals surface area contributed by atoms with E-state index >= 15 is 0 Å². The molecule has 0 aromatic rings. The normalized spacial score (nSPS) is 10.5. The molecular weight excluding hydrogens is 328 g/mol. The summed E-state index contributed by atoms with van der Waals surface area (Å²) in [6.45, 7) is 4.63. The number of thioether (sulfide) groups is 2. The Morgan fingerprint density at radius 3 is 1.52 bits per heavy atom. The highest BCUT2D eigenvalue weighted by atomic mass is 32.2. The molecule has 2 N–H and O–H groups in total. The van der Waals surface area contributed by atoms with E-state index in [9.17, 15) is 9.59 Å². The van der Waals surface area contributed by atoms with Crippen molar-refractivity contribution in [2.45, 2.75) is 65.2 Å². The second kappa shape index (κ2) is 18.0. The summed E-state index contributed by atoms with van der Waals surface area (Å²) >= 11 is 3.66. The van der Waals surface area contributed by atoms with Gasteiger partial charge in [0.25, 0.3) is 0 Å². The molecule has 136 valence electrons. The van der Waals surface area contributed by atoms with Gasteiger partial charge in [-0.15, -0.1) is 0 Å². The van der Waals surface area contributed by atoms with Crippen molar-refractivity contribution >= 4 is 35.3 Å². The van der Waals surface area contributed by atoms with E-state index in [0.29, 0.717) is 12.8 Å². The molecule has 0 aliphatic heterocycles. The van der Waals surface area contributed by atoms with Crippen LogP contribution in [0, 0.1) is 0 Å². The summed E-state index contributed by atoms with van der Waals surface area (Å²) in [5.74, 6) is 4.02. The molecule has 0 saturated carbocycles. The Kier molecular flexibility index (Phi) is 17.7. The van der Waals surface area contributed by atoms with E-state index in [0.717, 1.165) is 23.0 Å². The van der Waals surface area contributed by atoms with Crippen LogP contribution in [-0.4, -0.2) is 41.5 Å². The average molecular weight is 363 g/mol. The van der Waals surface area contributed by atoms with Gasteiger partial charge in [0.1, 0.15) is 0 Å². The fourth-order valence-electron chi connectivity index (χ4n) is 1.86. The highest BCUT2D eigenvalue weighted by Gasteiger charge is 2.03. The van der Waals surface area contributed by atoms with Crippen LogP contribution < -0.4 is 10.6 Å². The highest BCUT2D eigenvalue weighted by Crippen LogP contribution is 2.08. The minimum Gasteiger partial charge on any atom is -0.339 e. The summed E-state index contributed by atoms with van der Waals surface area (Å²) in [6, 6.07) is 0. The largest absolute Gasteiger partial charge is 0.339 e. The SMILES string of the molecule is CCCCCSCCC(=O)NCNC(=O)CCSCCCCC. The van der Waals surface area contributed by atoms with Crippen LogP contribution in [0.15, 0.2) is 0 Å². The summed E-state index contributed by atoms with van der Waals surface area (Å²) < 4.78 is 0. The van der Waals surface area contributed by atoms with Gasteiger partial charge in [0, 0.05) is 24.3 Å². The molecule has 4 nitrogen and oxygen atoms in total. The summed E-state index contributed by atoms with van der Waals surface area (Å²) in [5.41, 5.74) is 0. The molecule has 23 heavy (non-hydrogen) atoms. The minimum atomic E-state index is 0.0160. The molecule has 0 aromatic carbocycles. The van der Waals surface area contributed by atoms with Crippen molar-refractivity contribution < 1.29 is 9.59 Å². The third-order valence-electron chi connectivity index (χ3n) is 3.30. The van der Waals surface area contributed by atoms with Gasteiger partial charge in [-0.25, -0.2) is 0 Å². The molecule has 0 unspecified atom stereocenters. The molecule has 2 amide bonds. The molecule has 6 heteroatoms. The van der Waals surface area contributed by atoms with E-state index in [-0.39, 0.29) is 18.5 Å². The number of carbonyl (C=O) groups is 2. The number of amides is 2. The number of hydrogen-bond acceptors (Lipinski definition) is 4. The zero-order valence-electron chi connectivity index (χ0n) is 14.8. The molecule has 0 aliphatic carbocycles. The van der Waals surface area contributed by atoms with E-state index in [1.54, 1.807) is 0 Å². The number of rotatable bonds is 16. The first-order valence-electron chi connectivity index (χ1n) is 8.89. The van der Waals surface area contributed by atoms with Crippen molar-refractivity contribution in [2.24, 2.45) is 0 Å². The number of carbonyl (C=O) groups excluding carboxylic acids is 2. The third-order valence-corrected chi connectivity index (χ3v) is 5.44. The van der Waals surface area contributed by atoms with Crippen LogP contribution in [0.2, 0.25) is 0 Å².